The van der Waals surface area contributed by atoms with Crippen molar-refractivity contribution < 1.29 is 19.1 Å². The average molecular weight is 276 g/mol. The molecule has 7 heteroatoms. The Bertz CT molecular complexity index is 334. The Hall–Kier alpha value is 0.240. The van der Waals surface area contributed by atoms with Crippen LogP contribution in [0.2, 0.25) is 19.0 Å². The lowest BCUT2D eigenvalue weighted by atomic mass is 9.16. The van der Waals surface area contributed by atoms with Gasteiger partial charge in [-0.3, -0.25) is 4.57 Å². The molecule has 0 aliphatic carbocycles. The summed E-state index contributed by atoms with van der Waals surface area (Å²) in [6.07, 6.45) is 0. The third kappa shape index (κ3) is 4.41. The summed E-state index contributed by atoms with van der Waals surface area (Å²) in [7, 11) is -3.36. The highest BCUT2D eigenvalue weighted by Crippen LogP contribution is 2.55. The van der Waals surface area contributed by atoms with E-state index in [1.54, 1.807) is 0 Å². The Balaban J connectivity index is 5.12. The first-order valence-corrected chi connectivity index (χ1v) is 7.99. The number of ether oxygens (including phenoxy) is 1. The van der Waals surface area contributed by atoms with Gasteiger partial charge in [0.2, 0.25) is 0 Å². The van der Waals surface area contributed by atoms with Crippen molar-refractivity contribution >= 4 is 21.4 Å². The Morgan fingerprint density at radius 3 is 1.72 bits per heavy atom. The maximum Gasteiger partial charge on any atom is 0.356 e. The van der Waals surface area contributed by atoms with Crippen LogP contribution in [0.5, 0.6) is 0 Å². The molecule has 18 heavy (non-hydrogen) atoms. The van der Waals surface area contributed by atoms with Crippen molar-refractivity contribution in [1.29, 1.82) is 0 Å². The van der Waals surface area contributed by atoms with Crippen LogP contribution in [0.15, 0.2) is 0 Å². The molecule has 0 saturated heterocycles. The predicted molar refractivity (Wildman–Crippen MR) is 80.0 cm³/mol. The van der Waals surface area contributed by atoms with Gasteiger partial charge >= 0.3 is 7.60 Å². The molecular formula is C11H27B2O4P. The monoisotopic (exact) mass is 276 g/mol. The van der Waals surface area contributed by atoms with Gasteiger partial charge in [-0.2, -0.15) is 0 Å². The summed E-state index contributed by atoms with van der Waals surface area (Å²) >= 11 is 0. The van der Waals surface area contributed by atoms with Crippen molar-refractivity contribution in [1.82, 2.24) is 0 Å². The van der Waals surface area contributed by atoms with Crippen LogP contribution < -0.4 is 0 Å². The van der Waals surface area contributed by atoms with Crippen molar-refractivity contribution in [3.8, 4) is 0 Å². The lowest BCUT2D eigenvalue weighted by Crippen LogP contribution is -2.48. The van der Waals surface area contributed by atoms with Crippen LogP contribution in [-0.4, -0.2) is 34.5 Å². The standard InChI is InChI=1S/C11H27B2O4P/c1-9(2,12-13(7)8)10(3,4)17-11(5,6)18(14,15)16/h12H,1-8H3,(H2,14,15,16). The zero-order valence-corrected chi connectivity index (χ0v) is 13.8. The molecule has 0 saturated carbocycles. The number of hydrogen-bond acceptors (Lipinski definition) is 2. The summed E-state index contributed by atoms with van der Waals surface area (Å²) in [5.41, 5.74) is -0.623. The Morgan fingerprint density at radius 2 is 1.44 bits per heavy atom. The Labute approximate surface area is 112 Å². The molecule has 106 valence electrons. The lowest BCUT2D eigenvalue weighted by Gasteiger charge is -2.46. The molecule has 0 aromatic carbocycles. The molecule has 0 aromatic heterocycles. The SMILES string of the molecule is CB(C)BC(C)(C)C(C)(C)OC(C)(C)P(=O)(O)O. The Morgan fingerprint density at radius 1 is 1.06 bits per heavy atom. The van der Waals surface area contributed by atoms with E-state index < -0.39 is 18.5 Å². The van der Waals surface area contributed by atoms with Gasteiger partial charge in [0.05, 0.1) is 12.2 Å². The van der Waals surface area contributed by atoms with Gasteiger partial charge in [-0.15, -0.1) is 0 Å². The van der Waals surface area contributed by atoms with E-state index in [2.05, 4.69) is 27.5 Å². The van der Waals surface area contributed by atoms with Crippen molar-refractivity contribution in [3.63, 3.8) is 0 Å². The first-order valence-electron chi connectivity index (χ1n) is 6.38. The van der Waals surface area contributed by atoms with Gasteiger partial charge in [0.25, 0.3) is 0 Å². The molecule has 4 nitrogen and oxygen atoms in total. The minimum absolute atomic E-state index is 0.173. The topological polar surface area (TPSA) is 66.8 Å². The first-order chi connectivity index (χ1) is 7.62. The normalized spacial score (nSPS) is 14.6. The highest BCUT2D eigenvalue weighted by molar-refractivity contribution is 7.53. The molecule has 2 N–H and O–H groups in total. The van der Waals surface area contributed by atoms with Crippen LogP contribution in [-0.2, 0) is 9.30 Å². The first kappa shape index (κ1) is 18.2. The van der Waals surface area contributed by atoms with E-state index in [1.165, 1.54) is 13.8 Å². The van der Waals surface area contributed by atoms with Gasteiger partial charge in [0.15, 0.2) is 5.34 Å². The molecule has 0 aromatic rings. The molecule has 0 heterocycles. The molecule has 0 aliphatic rings. The smallest absolute Gasteiger partial charge is 0.356 e. The van der Waals surface area contributed by atoms with Gasteiger partial charge in [-0.25, -0.2) is 0 Å². The molecule has 0 unspecified atom stereocenters. The Kier molecular flexibility index (Phi) is 5.39. The summed E-state index contributed by atoms with van der Waals surface area (Å²) in [5, 5.41) is -1.64. The van der Waals surface area contributed by atoms with Crippen LogP contribution in [0, 0.1) is 0 Å². The number of hydrogen-bond donors (Lipinski definition) is 2. The minimum Gasteiger partial charge on any atom is -0.357 e. The molecule has 0 amide bonds. The van der Waals surface area contributed by atoms with Crippen LogP contribution in [0.1, 0.15) is 41.5 Å². The second-order valence-corrected chi connectivity index (χ2v) is 9.25. The highest BCUT2D eigenvalue weighted by Gasteiger charge is 2.48. The summed E-state index contributed by atoms with van der Waals surface area (Å²) in [5.74, 6) is 0. The summed E-state index contributed by atoms with van der Waals surface area (Å²) in [6.45, 7) is 15.6. The molecule has 0 rings (SSSR count). The third-order valence-electron chi connectivity index (χ3n) is 3.75. The quantitative estimate of drug-likeness (QED) is 0.578. The van der Waals surface area contributed by atoms with Crippen molar-refractivity contribution in [2.24, 2.45) is 0 Å². The second-order valence-electron chi connectivity index (χ2n) is 7.09. The molecule has 0 radical (unpaired) electrons. The maximum atomic E-state index is 11.4. The van der Waals surface area contributed by atoms with Gasteiger partial charge in [0.1, 0.15) is 7.17 Å². The maximum absolute atomic E-state index is 11.4. The summed E-state index contributed by atoms with van der Waals surface area (Å²) in [6, 6.07) is 0. The van der Waals surface area contributed by atoms with Gasteiger partial charge in [0, 0.05) is 0 Å². The molecular weight excluding hydrogens is 249 g/mol. The van der Waals surface area contributed by atoms with Crippen LogP contribution in [0.25, 0.3) is 0 Å². The van der Waals surface area contributed by atoms with E-state index in [-0.39, 0.29) is 5.31 Å². The van der Waals surface area contributed by atoms with Crippen molar-refractivity contribution in [3.05, 3.63) is 0 Å². The molecule has 0 fully saturated rings. The predicted octanol–water partition coefficient (Wildman–Crippen LogP) is 2.58. The molecule has 0 bridgehead atoms. The van der Waals surface area contributed by atoms with E-state index >= 15 is 0 Å². The third-order valence-corrected chi connectivity index (χ3v) is 5.25. The van der Waals surface area contributed by atoms with E-state index in [9.17, 15) is 14.4 Å². The van der Waals surface area contributed by atoms with Crippen molar-refractivity contribution in [2.45, 2.75) is 71.4 Å². The zero-order chi connectivity index (χ0) is 15.0. The second kappa shape index (κ2) is 5.32. The average Bonchev–Trinajstić information content (AvgIpc) is 1.95. The largest absolute Gasteiger partial charge is 0.357 e. The van der Waals surface area contributed by atoms with Crippen LogP contribution in [0.4, 0.5) is 0 Å². The summed E-state index contributed by atoms with van der Waals surface area (Å²) < 4.78 is 17.2. The lowest BCUT2D eigenvalue weighted by molar-refractivity contribution is -0.108. The fourth-order valence-corrected chi connectivity index (χ4v) is 2.44. The summed E-state index contributed by atoms with van der Waals surface area (Å²) in [4.78, 5) is 18.7. The fraction of sp³-hybridized carbons (Fsp3) is 1.00. The van der Waals surface area contributed by atoms with E-state index in [0.717, 1.165) is 7.17 Å². The van der Waals surface area contributed by atoms with E-state index in [0.29, 0.717) is 6.60 Å². The van der Waals surface area contributed by atoms with Gasteiger partial charge in [-0.1, -0.05) is 27.5 Å². The van der Waals surface area contributed by atoms with E-state index in [1.807, 2.05) is 13.8 Å². The highest BCUT2D eigenvalue weighted by atomic mass is 31.2. The molecule has 0 aliphatic heterocycles. The molecule has 0 atom stereocenters. The van der Waals surface area contributed by atoms with E-state index in [4.69, 9.17) is 4.74 Å². The van der Waals surface area contributed by atoms with Gasteiger partial charge in [-0.05, 0) is 33.0 Å². The zero-order valence-electron chi connectivity index (χ0n) is 12.9. The van der Waals surface area contributed by atoms with Crippen LogP contribution in [0.3, 0.4) is 0 Å². The fourth-order valence-electron chi connectivity index (χ4n) is 2.09. The van der Waals surface area contributed by atoms with Crippen LogP contribution >= 0.6 is 7.60 Å². The van der Waals surface area contributed by atoms with Crippen molar-refractivity contribution in [2.75, 3.05) is 0 Å². The molecule has 0 spiro atoms. The van der Waals surface area contributed by atoms with Gasteiger partial charge < -0.3 is 14.5 Å². The number of rotatable bonds is 6. The minimum atomic E-state index is -4.29.